The number of carbonyl (C=O) groups is 4. The van der Waals surface area contributed by atoms with Crippen molar-refractivity contribution < 1.29 is 37.5 Å². The zero-order chi connectivity index (χ0) is 33.9. The lowest BCUT2D eigenvalue weighted by Gasteiger charge is -2.39. The van der Waals surface area contributed by atoms with E-state index < -0.39 is 86.0 Å². The number of hydrogen-bond acceptors (Lipinski definition) is 7. The van der Waals surface area contributed by atoms with Gasteiger partial charge in [0, 0.05) is 47.8 Å². The number of alkyl halides is 2. The summed E-state index contributed by atoms with van der Waals surface area (Å²) in [6.45, 7) is -1.33. The molecule has 0 radical (unpaired) electrons. The van der Waals surface area contributed by atoms with Gasteiger partial charge in [-0.15, -0.1) is 0 Å². The Morgan fingerprint density at radius 2 is 1.89 bits per heavy atom. The van der Waals surface area contributed by atoms with Gasteiger partial charge < -0.3 is 15.3 Å². The van der Waals surface area contributed by atoms with Gasteiger partial charge >= 0.3 is 6.03 Å². The number of aromatic nitrogens is 1. The Hall–Kier alpha value is -5.00. The Balaban J connectivity index is 1.63. The maximum absolute atomic E-state index is 14.8. The Morgan fingerprint density at radius 3 is 2.55 bits per heavy atom. The molecule has 2 fully saturated rings. The van der Waals surface area contributed by atoms with Crippen LogP contribution in [0.3, 0.4) is 0 Å². The number of ketones is 1. The average molecular weight is 669 g/mol. The molecule has 11 nitrogen and oxygen atoms in total. The molecule has 2 atom stereocenters. The second-order valence-electron chi connectivity index (χ2n) is 11.2. The van der Waals surface area contributed by atoms with Gasteiger partial charge in [0.1, 0.15) is 23.7 Å². The molecule has 47 heavy (non-hydrogen) atoms. The topological polar surface area (TPSA) is 147 Å². The maximum atomic E-state index is 14.8. The Labute approximate surface area is 272 Å². The molecule has 1 aromatic heterocycles. The van der Waals surface area contributed by atoms with Gasteiger partial charge in [-0.3, -0.25) is 24.2 Å². The number of amides is 4. The molecular weight excluding hydrogens is 641 g/mol. The van der Waals surface area contributed by atoms with E-state index in [0.717, 1.165) is 26.8 Å². The first-order valence-electron chi connectivity index (χ1n) is 14.5. The van der Waals surface area contributed by atoms with E-state index in [4.69, 9.17) is 11.6 Å². The number of pyridine rings is 1. The highest BCUT2D eigenvalue weighted by Gasteiger charge is 2.50. The van der Waals surface area contributed by atoms with Crippen molar-refractivity contribution in [3.05, 3.63) is 88.8 Å². The van der Waals surface area contributed by atoms with Gasteiger partial charge in [0.25, 0.3) is 11.8 Å². The summed E-state index contributed by atoms with van der Waals surface area (Å²) in [7, 11) is 0. The van der Waals surface area contributed by atoms with E-state index in [1.807, 2.05) is 6.07 Å². The van der Waals surface area contributed by atoms with E-state index in [1.54, 1.807) is 12.1 Å². The molecule has 1 aliphatic heterocycles. The smallest absolute Gasteiger partial charge is 0.326 e. The molecule has 1 unspecified atom stereocenters. The fourth-order valence-corrected chi connectivity index (χ4v) is 5.84. The van der Waals surface area contributed by atoms with Crippen molar-refractivity contribution in [1.82, 2.24) is 15.2 Å². The molecule has 15 heteroatoms. The van der Waals surface area contributed by atoms with Gasteiger partial charge in [-0.2, -0.15) is 5.26 Å². The number of aliphatic hydroxyl groups is 1. The quantitative estimate of drug-likeness (QED) is 0.314. The number of rotatable bonds is 11. The number of carbonyl (C=O) groups excluding carboxylic acids is 4. The molecule has 2 heterocycles. The van der Waals surface area contributed by atoms with Gasteiger partial charge in [-0.05, 0) is 36.4 Å². The van der Waals surface area contributed by atoms with Crippen LogP contribution in [0.15, 0.2) is 66.9 Å². The third kappa shape index (κ3) is 7.21. The van der Waals surface area contributed by atoms with E-state index in [-0.39, 0.29) is 34.1 Å². The molecule has 1 saturated carbocycles. The minimum Gasteiger partial charge on any atom is -0.396 e. The van der Waals surface area contributed by atoms with Crippen LogP contribution in [0.5, 0.6) is 0 Å². The summed E-state index contributed by atoms with van der Waals surface area (Å²) in [5, 5.41) is 21.3. The molecule has 0 bridgehead atoms. The SMILES string of the molecule is N#Cc1ccnc(N2C(=O)N(CC(=O)CCO)C[C@H]2C(=O)N(c2cccc(F)c2)C(C(=O)NC2CC(F)(F)C2)c2ccccc2Cl)c1. The number of Topliss-reactive ketones (excluding diaryl/α,β-unsaturated/α-hetero) is 1. The van der Waals surface area contributed by atoms with Crippen molar-refractivity contribution in [2.24, 2.45) is 0 Å². The molecule has 1 aliphatic carbocycles. The Bertz CT molecular complexity index is 1750. The Kier molecular flexibility index (Phi) is 9.78. The van der Waals surface area contributed by atoms with Crippen molar-refractivity contribution in [3.63, 3.8) is 0 Å². The third-order valence-electron chi connectivity index (χ3n) is 7.81. The van der Waals surface area contributed by atoms with Crippen molar-refractivity contribution in [2.45, 2.75) is 43.3 Å². The van der Waals surface area contributed by atoms with Gasteiger partial charge in [0.15, 0.2) is 5.78 Å². The van der Waals surface area contributed by atoms with E-state index in [1.165, 1.54) is 42.6 Å². The predicted molar refractivity (Wildman–Crippen MR) is 163 cm³/mol. The number of anilines is 2. The monoisotopic (exact) mass is 668 g/mol. The highest BCUT2D eigenvalue weighted by molar-refractivity contribution is 6.31. The van der Waals surface area contributed by atoms with Crippen LogP contribution in [0.1, 0.15) is 36.4 Å². The summed E-state index contributed by atoms with van der Waals surface area (Å²) < 4.78 is 42.1. The summed E-state index contributed by atoms with van der Waals surface area (Å²) in [5.41, 5.74) is 0.0807. The number of halogens is 4. The number of nitriles is 1. The largest absolute Gasteiger partial charge is 0.396 e. The lowest BCUT2D eigenvalue weighted by molar-refractivity contribution is -0.133. The first-order chi connectivity index (χ1) is 22.4. The molecule has 244 valence electrons. The van der Waals surface area contributed by atoms with Crippen LogP contribution in [0, 0.1) is 17.1 Å². The number of nitrogens with zero attached hydrogens (tertiary/aromatic N) is 5. The number of benzene rings is 2. The number of aliphatic hydroxyl groups excluding tert-OH is 1. The zero-order valence-corrected chi connectivity index (χ0v) is 25.4. The maximum Gasteiger partial charge on any atom is 0.326 e. The van der Waals surface area contributed by atoms with Crippen molar-refractivity contribution in [1.29, 1.82) is 5.26 Å². The molecule has 2 aromatic carbocycles. The second kappa shape index (κ2) is 13.8. The summed E-state index contributed by atoms with van der Waals surface area (Å²) in [6, 6.07) is 10.5. The highest BCUT2D eigenvalue weighted by atomic mass is 35.5. The fourth-order valence-electron chi connectivity index (χ4n) is 5.60. The van der Waals surface area contributed by atoms with Gasteiger partial charge in [0.2, 0.25) is 5.91 Å². The molecule has 1 saturated heterocycles. The number of urea groups is 1. The van der Waals surface area contributed by atoms with Crippen LogP contribution in [0.4, 0.5) is 29.5 Å². The van der Waals surface area contributed by atoms with Crippen LogP contribution < -0.4 is 15.1 Å². The lowest BCUT2D eigenvalue weighted by atomic mass is 9.87. The number of nitrogens with one attached hydrogen (secondary N) is 1. The van der Waals surface area contributed by atoms with Crippen LogP contribution in [-0.4, -0.2) is 76.3 Å². The van der Waals surface area contributed by atoms with E-state index in [9.17, 15) is 42.7 Å². The summed E-state index contributed by atoms with van der Waals surface area (Å²) in [6.07, 6.45) is -0.245. The van der Waals surface area contributed by atoms with Crippen LogP contribution in [0.25, 0.3) is 0 Å². The molecule has 2 aliphatic rings. The summed E-state index contributed by atoms with van der Waals surface area (Å²) in [5.74, 6) is -6.16. The number of hydrogen-bond donors (Lipinski definition) is 2. The minimum absolute atomic E-state index is 0.0414. The second-order valence-corrected chi connectivity index (χ2v) is 11.6. The van der Waals surface area contributed by atoms with E-state index >= 15 is 0 Å². The van der Waals surface area contributed by atoms with Crippen LogP contribution in [-0.2, 0) is 14.4 Å². The van der Waals surface area contributed by atoms with E-state index in [0.29, 0.717) is 0 Å². The van der Waals surface area contributed by atoms with Gasteiger partial charge in [0.05, 0.1) is 31.3 Å². The fraction of sp³-hybridized carbons (Fsp3) is 0.312. The first kappa shape index (κ1) is 33.4. The molecule has 0 spiro atoms. The standard InChI is InChI=1S/C32H28ClF3N6O5/c33-25-7-2-1-6-24(25)28(29(45)39-21-14-32(35,36)15-21)41(22-5-3-4-20(34)13-22)30(46)26-18-40(17-23(44)9-11-43)31(47)42(26)27-12-19(16-37)8-10-38-27/h1-8,10,12-13,21,26,28,43H,9,11,14-15,17-18H2,(H,39,45)/t26-,28?/m0/s1. The Morgan fingerprint density at radius 1 is 1.15 bits per heavy atom. The molecule has 5 rings (SSSR count). The van der Waals surface area contributed by atoms with Gasteiger partial charge in [-0.25, -0.2) is 22.9 Å². The average Bonchev–Trinajstić information content (AvgIpc) is 3.34. The normalized spacial score (nSPS) is 17.9. The van der Waals surface area contributed by atoms with Gasteiger partial charge in [-0.1, -0.05) is 35.9 Å². The summed E-state index contributed by atoms with van der Waals surface area (Å²) >= 11 is 6.53. The van der Waals surface area contributed by atoms with Crippen LogP contribution in [0.2, 0.25) is 5.02 Å². The minimum atomic E-state index is -2.97. The molecule has 2 N–H and O–H groups in total. The molecule has 3 aromatic rings. The van der Waals surface area contributed by atoms with E-state index in [2.05, 4.69) is 10.3 Å². The molecular formula is C32H28ClF3N6O5. The summed E-state index contributed by atoms with van der Waals surface area (Å²) in [4.78, 5) is 62.2. The van der Waals surface area contributed by atoms with Crippen LogP contribution >= 0.6 is 11.6 Å². The third-order valence-corrected chi connectivity index (χ3v) is 8.16. The highest BCUT2D eigenvalue weighted by Crippen LogP contribution is 2.39. The molecule has 4 amide bonds. The van der Waals surface area contributed by atoms with Crippen molar-refractivity contribution in [3.8, 4) is 6.07 Å². The zero-order valence-electron chi connectivity index (χ0n) is 24.7. The lowest BCUT2D eigenvalue weighted by Crippen LogP contribution is -2.56. The first-order valence-corrected chi connectivity index (χ1v) is 14.9. The van der Waals surface area contributed by atoms with Crippen molar-refractivity contribution in [2.75, 3.05) is 29.5 Å². The predicted octanol–water partition coefficient (Wildman–Crippen LogP) is 4.00. The van der Waals surface area contributed by atoms with Crippen molar-refractivity contribution >= 4 is 46.7 Å².